The molecule has 0 aliphatic carbocycles. The highest BCUT2D eigenvalue weighted by Gasteiger charge is 2.38. The van der Waals surface area contributed by atoms with Crippen LogP contribution in [0.3, 0.4) is 0 Å². The Hall–Kier alpha value is -3.02. The number of fused-ring (bicyclic) bond motifs is 2. The minimum absolute atomic E-state index is 0.556. The Labute approximate surface area is 157 Å². The fourth-order valence-electron chi connectivity index (χ4n) is 4.12. The molecule has 5 nitrogen and oxygen atoms in total. The van der Waals surface area contributed by atoms with Gasteiger partial charge in [0.25, 0.3) is 0 Å². The molecule has 2 N–H and O–H groups in total. The van der Waals surface area contributed by atoms with Gasteiger partial charge in [-0.05, 0) is 65.5 Å². The molecule has 27 heavy (non-hydrogen) atoms. The number of aliphatic hydroxyl groups is 1. The molecule has 5 rings (SSSR count). The summed E-state index contributed by atoms with van der Waals surface area (Å²) in [5.74, 6) is 0. The number of nitrogens with one attached hydrogen (secondary N) is 1. The van der Waals surface area contributed by atoms with E-state index in [0.717, 1.165) is 45.4 Å². The number of hydrogen-bond donors (Lipinski definition) is 2. The second-order valence-electron chi connectivity index (χ2n) is 7.29. The predicted octanol–water partition coefficient (Wildman–Crippen LogP) is 3.31. The SMILES string of the molecule is CN1Cc2cc(-c3cccnn3)ccc2C(O)(c2ccc3[nH]ccc3c2)C1. The van der Waals surface area contributed by atoms with Crippen LogP contribution in [0.2, 0.25) is 0 Å². The molecule has 134 valence electrons. The van der Waals surface area contributed by atoms with E-state index in [9.17, 15) is 5.11 Å². The number of benzene rings is 2. The first-order valence-corrected chi connectivity index (χ1v) is 9.03. The number of nitrogens with zero attached hydrogens (tertiary/aromatic N) is 3. The van der Waals surface area contributed by atoms with Crippen LogP contribution >= 0.6 is 0 Å². The molecule has 0 spiro atoms. The monoisotopic (exact) mass is 356 g/mol. The van der Waals surface area contributed by atoms with Gasteiger partial charge in [0.2, 0.25) is 0 Å². The molecule has 1 unspecified atom stereocenters. The van der Waals surface area contributed by atoms with Gasteiger partial charge >= 0.3 is 0 Å². The van der Waals surface area contributed by atoms with E-state index in [1.54, 1.807) is 6.20 Å². The first kappa shape index (κ1) is 16.2. The fraction of sp³-hybridized carbons (Fsp3) is 0.182. The largest absolute Gasteiger partial charge is 0.379 e. The van der Waals surface area contributed by atoms with E-state index >= 15 is 0 Å². The number of β-amino-alcohol motifs (C(OH)–C–C–N with tert-alkyl or cyclic N) is 1. The predicted molar refractivity (Wildman–Crippen MR) is 105 cm³/mol. The number of aromatic nitrogens is 3. The molecule has 0 amide bonds. The first-order valence-electron chi connectivity index (χ1n) is 9.03. The van der Waals surface area contributed by atoms with E-state index in [0.29, 0.717) is 6.54 Å². The Morgan fingerprint density at radius 1 is 1.11 bits per heavy atom. The van der Waals surface area contributed by atoms with Crippen molar-refractivity contribution in [1.29, 1.82) is 0 Å². The molecule has 0 radical (unpaired) electrons. The maximum atomic E-state index is 11.7. The van der Waals surface area contributed by atoms with Gasteiger partial charge in [-0.3, -0.25) is 4.90 Å². The first-order chi connectivity index (χ1) is 13.1. The lowest BCUT2D eigenvalue weighted by Gasteiger charge is -2.40. The third kappa shape index (κ3) is 2.63. The van der Waals surface area contributed by atoms with Crippen molar-refractivity contribution in [3.63, 3.8) is 0 Å². The van der Waals surface area contributed by atoms with Gasteiger partial charge < -0.3 is 10.1 Å². The van der Waals surface area contributed by atoms with Crippen LogP contribution in [-0.2, 0) is 12.1 Å². The van der Waals surface area contributed by atoms with Gasteiger partial charge in [0.05, 0.1) is 5.69 Å². The molecule has 4 aromatic rings. The van der Waals surface area contributed by atoms with Crippen LogP contribution in [0, 0.1) is 0 Å². The second kappa shape index (κ2) is 6.01. The van der Waals surface area contributed by atoms with E-state index < -0.39 is 5.60 Å². The number of aromatic amines is 1. The summed E-state index contributed by atoms with van der Waals surface area (Å²) < 4.78 is 0. The molecule has 1 aliphatic heterocycles. The van der Waals surface area contributed by atoms with Crippen LogP contribution < -0.4 is 0 Å². The highest BCUT2D eigenvalue weighted by Crippen LogP contribution is 2.39. The van der Waals surface area contributed by atoms with Crippen LogP contribution in [-0.4, -0.2) is 38.8 Å². The average Bonchev–Trinajstić information content (AvgIpc) is 3.16. The molecule has 2 aromatic heterocycles. The van der Waals surface area contributed by atoms with Crippen molar-refractivity contribution in [2.24, 2.45) is 0 Å². The molecule has 1 aliphatic rings. The molecule has 5 heteroatoms. The van der Waals surface area contributed by atoms with Crippen LogP contribution in [0.1, 0.15) is 16.7 Å². The van der Waals surface area contributed by atoms with E-state index in [1.165, 1.54) is 0 Å². The molecule has 1 atom stereocenters. The van der Waals surface area contributed by atoms with Gasteiger partial charge in [-0.1, -0.05) is 18.2 Å². The van der Waals surface area contributed by atoms with Gasteiger partial charge in [0.15, 0.2) is 0 Å². The number of likely N-dealkylation sites (N-methyl/N-ethyl adjacent to an activating group) is 1. The van der Waals surface area contributed by atoms with Crippen LogP contribution in [0.5, 0.6) is 0 Å². The lowest BCUT2D eigenvalue weighted by Crippen LogP contribution is -2.44. The lowest BCUT2D eigenvalue weighted by molar-refractivity contribution is 0.0284. The molecule has 2 aromatic carbocycles. The summed E-state index contributed by atoms with van der Waals surface area (Å²) in [6.45, 7) is 1.35. The number of hydrogen-bond acceptors (Lipinski definition) is 4. The van der Waals surface area contributed by atoms with E-state index in [1.807, 2.05) is 55.7 Å². The maximum Gasteiger partial charge on any atom is 0.128 e. The zero-order chi connectivity index (χ0) is 18.4. The molecular formula is C22H20N4O. The Morgan fingerprint density at radius 3 is 2.89 bits per heavy atom. The quantitative estimate of drug-likeness (QED) is 0.578. The van der Waals surface area contributed by atoms with Gasteiger partial charge in [-0.15, -0.1) is 0 Å². The zero-order valence-corrected chi connectivity index (χ0v) is 15.1. The minimum atomic E-state index is -1.05. The van der Waals surface area contributed by atoms with Crippen molar-refractivity contribution < 1.29 is 5.11 Å². The van der Waals surface area contributed by atoms with Crippen LogP contribution in [0.15, 0.2) is 67.0 Å². The number of H-pyrrole nitrogens is 1. The van der Waals surface area contributed by atoms with Crippen molar-refractivity contribution in [1.82, 2.24) is 20.1 Å². The average molecular weight is 356 g/mol. The summed E-state index contributed by atoms with van der Waals surface area (Å²) in [4.78, 5) is 5.37. The van der Waals surface area contributed by atoms with E-state index in [4.69, 9.17) is 0 Å². The number of rotatable bonds is 2. The van der Waals surface area contributed by atoms with Crippen molar-refractivity contribution in [2.75, 3.05) is 13.6 Å². The third-order valence-corrected chi connectivity index (χ3v) is 5.39. The molecule has 0 saturated heterocycles. The van der Waals surface area contributed by atoms with Crippen molar-refractivity contribution in [2.45, 2.75) is 12.1 Å². The topological polar surface area (TPSA) is 65.0 Å². The highest BCUT2D eigenvalue weighted by atomic mass is 16.3. The second-order valence-corrected chi connectivity index (χ2v) is 7.29. The molecular weight excluding hydrogens is 336 g/mol. The van der Waals surface area contributed by atoms with Crippen LogP contribution in [0.25, 0.3) is 22.2 Å². The Kier molecular flexibility index (Phi) is 3.60. The van der Waals surface area contributed by atoms with Gasteiger partial charge in [-0.25, -0.2) is 0 Å². The summed E-state index contributed by atoms with van der Waals surface area (Å²) in [6.07, 6.45) is 3.60. The minimum Gasteiger partial charge on any atom is -0.379 e. The summed E-state index contributed by atoms with van der Waals surface area (Å²) in [7, 11) is 2.04. The molecule has 0 bridgehead atoms. The van der Waals surface area contributed by atoms with Gasteiger partial charge in [0, 0.05) is 36.6 Å². The maximum absolute atomic E-state index is 11.7. The Bertz CT molecular complexity index is 1120. The summed E-state index contributed by atoms with van der Waals surface area (Å²) >= 11 is 0. The summed E-state index contributed by atoms with van der Waals surface area (Å²) in [5.41, 5.74) is 4.87. The van der Waals surface area contributed by atoms with E-state index in [-0.39, 0.29) is 0 Å². The fourth-order valence-corrected chi connectivity index (χ4v) is 4.12. The molecule has 0 saturated carbocycles. The van der Waals surface area contributed by atoms with E-state index in [2.05, 4.69) is 32.2 Å². The van der Waals surface area contributed by atoms with Crippen molar-refractivity contribution in [3.05, 3.63) is 83.7 Å². The summed E-state index contributed by atoms with van der Waals surface area (Å²) in [5, 5.41) is 21.0. The Balaban J connectivity index is 1.65. The standard InChI is InChI=1S/C22H20N4O/c1-26-13-17-11-15(21-3-2-9-24-25-21)4-6-19(17)22(27,14-26)18-5-7-20-16(12-18)8-10-23-20/h2-12,23,27H,13-14H2,1H3. The Morgan fingerprint density at radius 2 is 2.04 bits per heavy atom. The third-order valence-electron chi connectivity index (χ3n) is 5.39. The highest BCUT2D eigenvalue weighted by molar-refractivity contribution is 5.80. The van der Waals surface area contributed by atoms with Gasteiger partial charge in [-0.2, -0.15) is 10.2 Å². The smallest absolute Gasteiger partial charge is 0.128 e. The van der Waals surface area contributed by atoms with Crippen molar-refractivity contribution in [3.8, 4) is 11.3 Å². The summed E-state index contributed by atoms with van der Waals surface area (Å²) in [6, 6.07) is 18.2. The molecule has 0 fully saturated rings. The van der Waals surface area contributed by atoms with Crippen molar-refractivity contribution >= 4 is 10.9 Å². The lowest BCUT2D eigenvalue weighted by atomic mass is 9.79. The normalized spacial score (nSPS) is 19.9. The molecule has 3 heterocycles. The van der Waals surface area contributed by atoms with Crippen LogP contribution in [0.4, 0.5) is 0 Å². The van der Waals surface area contributed by atoms with Gasteiger partial charge in [0.1, 0.15) is 5.60 Å². The zero-order valence-electron chi connectivity index (χ0n) is 15.1.